The van der Waals surface area contributed by atoms with Gasteiger partial charge in [0.25, 0.3) is 15.9 Å². The second kappa shape index (κ2) is 3.35. The van der Waals surface area contributed by atoms with Gasteiger partial charge in [-0.15, -0.1) is 0 Å². The molecule has 98 valence electrons. The lowest BCUT2D eigenvalue weighted by atomic mass is 10.2. The molecule has 2 atom stereocenters. The Balaban J connectivity index is 2.04. The highest BCUT2D eigenvalue weighted by atomic mass is 32.2. The zero-order chi connectivity index (χ0) is 13.1. The largest absolute Gasteiger partial charge is 0.317 e. The van der Waals surface area contributed by atoms with Crippen molar-refractivity contribution in [2.45, 2.75) is 36.2 Å². The van der Waals surface area contributed by atoms with Gasteiger partial charge in [-0.05, 0) is 6.42 Å². The lowest BCUT2D eigenvalue weighted by Crippen LogP contribution is -2.49. The van der Waals surface area contributed by atoms with Gasteiger partial charge in [0.15, 0.2) is 0 Å². The summed E-state index contributed by atoms with van der Waals surface area (Å²) >= 11 is 0. The summed E-state index contributed by atoms with van der Waals surface area (Å²) in [6, 6.07) is 0. The van der Waals surface area contributed by atoms with Crippen molar-refractivity contribution in [3.63, 3.8) is 0 Å². The molecule has 9 heteroatoms. The summed E-state index contributed by atoms with van der Waals surface area (Å²) < 4.78 is 62.0. The third kappa shape index (κ3) is 1.90. The van der Waals surface area contributed by atoms with Crippen LogP contribution in [-0.4, -0.2) is 31.3 Å². The van der Waals surface area contributed by atoms with Gasteiger partial charge < -0.3 is 5.73 Å². The average molecular weight is 272 g/mol. The molecular weight excluding hydrogens is 261 g/mol. The molecule has 0 aromatic carbocycles. The van der Waals surface area contributed by atoms with Gasteiger partial charge in [0.2, 0.25) is 11.4 Å². The molecule has 2 aliphatic carbocycles. The fourth-order valence-electron chi connectivity index (χ4n) is 1.56. The van der Waals surface area contributed by atoms with Crippen LogP contribution in [0, 0.1) is 5.92 Å². The molecule has 1 unspecified atom stereocenters. The number of amides is 1. The summed E-state index contributed by atoms with van der Waals surface area (Å²) in [5, 5.41) is -2.45. The number of nitrogens with two attached hydrogens (primary N) is 1. The summed E-state index contributed by atoms with van der Waals surface area (Å²) in [5.41, 5.74) is 3.43. The number of nitrogens with one attached hydrogen (secondary N) is 1. The molecule has 0 aliphatic heterocycles. The molecular formula is C8H11F3N2O3S. The van der Waals surface area contributed by atoms with E-state index in [0.717, 1.165) is 0 Å². The number of hydrogen-bond donors (Lipinski definition) is 2. The van der Waals surface area contributed by atoms with Crippen LogP contribution in [0.15, 0.2) is 0 Å². The number of carbonyl (C=O) groups excluding carboxylic acids is 1. The lowest BCUT2D eigenvalue weighted by Gasteiger charge is -2.14. The second-order valence-electron chi connectivity index (χ2n) is 4.50. The predicted molar refractivity (Wildman–Crippen MR) is 51.2 cm³/mol. The quantitative estimate of drug-likeness (QED) is 0.746. The molecule has 0 heterocycles. The minimum Gasteiger partial charge on any atom is -0.317 e. The van der Waals surface area contributed by atoms with Crippen LogP contribution < -0.4 is 10.5 Å². The Morgan fingerprint density at radius 2 is 1.94 bits per heavy atom. The van der Waals surface area contributed by atoms with E-state index >= 15 is 0 Å². The second-order valence-corrected chi connectivity index (χ2v) is 6.45. The maximum Gasteiger partial charge on any atom is 0.270 e. The van der Waals surface area contributed by atoms with E-state index in [0.29, 0.717) is 0 Å². The van der Waals surface area contributed by atoms with Crippen LogP contribution >= 0.6 is 0 Å². The number of sulfonamides is 1. The Morgan fingerprint density at radius 1 is 1.41 bits per heavy atom. The Labute approximate surface area is 95.6 Å². The normalized spacial score (nSPS) is 34.5. The van der Waals surface area contributed by atoms with E-state index in [-0.39, 0.29) is 19.3 Å². The van der Waals surface area contributed by atoms with Crippen molar-refractivity contribution in [1.29, 1.82) is 0 Å². The van der Waals surface area contributed by atoms with E-state index in [4.69, 9.17) is 5.73 Å². The smallest absolute Gasteiger partial charge is 0.270 e. The molecule has 0 aromatic heterocycles. The predicted octanol–water partition coefficient (Wildman–Crippen LogP) is -0.126. The van der Waals surface area contributed by atoms with Crippen molar-refractivity contribution in [3.8, 4) is 0 Å². The molecule has 1 amide bonds. The van der Waals surface area contributed by atoms with Crippen molar-refractivity contribution in [2.75, 3.05) is 0 Å². The third-order valence-electron chi connectivity index (χ3n) is 3.14. The first kappa shape index (κ1) is 12.6. The molecule has 0 saturated heterocycles. The fraction of sp³-hybridized carbons (Fsp3) is 0.875. The first-order valence-corrected chi connectivity index (χ1v) is 6.43. The van der Waals surface area contributed by atoms with Crippen molar-refractivity contribution in [3.05, 3.63) is 0 Å². The number of rotatable bonds is 4. The molecule has 3 N–H and O–H groups in total. The summed E-state index contributed by atoms with van der Waals surface area (Å²) in [6.45, 7) is 0. The van der Waals surface area contributed by atoms with Gasteiger partial charge in [0.1, 0.15) is 5.54 Å². The number of carbonyl (C=O) groups is 1. The van der Waals surface area contributed by atoms with E-state index in [1.807, 2.05) is 0 Å². The van der Waals surface area contributed by atoms with Gasteiger partial charge in [-0.1, -0.05) is 0 Å². The zero-order valence-corrected chi connectivity index (χ0v) is 9.44. The van der Waals surface area contributed by atoms with Crippen LogP contribution in [0.25, 0.3) is 0 Å². The number of hydrogen-bond acceptors (Lipinski definition) is 4. The summed E-state index contributed by atoms with van der Waals surface area (Å²) in [4.78, 5) is 11.4. The van der Waals surface area contributed by atoms with Gasteiger partial charge in [0.05, 0.1) is 0 Å². The van der Waals surface area contributed by atoms with Crippen LogP contribution in [0.1, 0.15) is 19.3 Å². The monoisotopic (exact) mass is 272 g/mol. The van der Waals surface area contributed by atoms with Gasteiger partial charge in [0, 0.05) is 18.8 Å². The summed E-state index contributed by atoms with van der Waals surface area (Å²) in [5.74, 6) is -2.63. The molecule has 0 aromatic rings. The molecule has 2 aliphatic rings. The molecule has 0 bridgehead atoms. The first-order valence-electron chi connectivity index (χ1n) is 4.95. The van der Waals surface area contributed by atoms with Crippen LogP contribution in [0.2, 0.25) is 0 Å². The minimum absolute atomic E-state index is 0.203. The molecule has 2 rings (SSSR count). The molecule has 2 fully saturated rings. The summed E-state index contributed by atoms with van der Waals surface area (Å²) in [7, 11) is -4.47. The fourth-order valence-corrected chi connectivity index (χ4v) is 2.81. The standard InChI is InChI=1S/C8H11F3N2O3S/c9-5(10)4-3-8(4,12)6(14)13-17(15,16)7(11)1-2-7/h4-5H,1-3,12H2,(H,13,14)/t4?,8-/m1/s1. The van der Waals surface area contributed by atoms with E-state index in [1.165, 1.54) is 4.72 Å². The van der Waals surface area contributed by atoms with Gasteiger partial charge in [-0.3, -0.25) is 4.79 Å². The van der Waals surface area contributed by atoms with Crippen LogP contribution in [-0.2, 0) is 14.8 Å². The Kier molecular flexibility index (Phi) is 2.48. The van der Waals surface area contributed by atoms with E-state index in [1.54, 1.807) is 0 Å². The number of halogens is 3. The maximum absolute atomic E-state index is 13.3. The molecule has 17 heavy (non-hydrogen) atoms. The Morgan fingerprint density at radius 3 is 2.29 bits per heavy atom. The third-order valence-corrected chi connectivity index (χ3v) is 4.96. The van der Waals surface area contributed by atoms with Crippen LogP contribution in [0.3, 0.4) is 0 Å². The molecule has 5 nitrogen and oxygen atoms in total. The van der Waals surface area contributed by atoms with Crippen molar-refractivity contribution < 1.29 is 26.4 Å². The minimum atomic E-state index is -4.47. The van der Waals surface area contributed by atoms with Crippen molar-refractivity contribution >= 4 is 15.9 Å². The van der Waals surface area contributed by atoms with Crippen LogP contribution in [0.4, 0.5) is 13.2 Å². The average Bonchev–Trinajstić information content (AvgIpc) is 3.04. The van der Waals surface area contributed by atoms with E-state index in [9.17, 15) is 26.4 Å². The summed E-state index contributed by atoms with van der Waals surface area (Å²) in [6.07, 6.45) is -3.50. The lowest BCUT2D eigenvalue weighted by molar-refractivity contribution is -0.122. The van der Waals surface area contributed by atoms with E-state index < -0.39 is 38.8 Å². The van der Waals surface area contributed by atoms with E-state index in [2.05, 4.69) is 0 Å². The first-order chi connectivity index (χ1) is 7.62. The highest BCUT2D eigenvalue weighted by Gasteiger charge is 2.64. The highest BCUT2D eigenvalue weighted by molar-refractivity contribution is 7.91. The maximum atomic E-state index is 13.3. The van der Waals surface area contributed by atoms with Crippen LogP contribution in [0.5, 0.6) is 0 Å². The molecule has 0 radical (unpaired) electrons. The highest BCUT2D eigenvalue weighted by Crippen LogP contribution is 2.47. The topological polar surface area (TPSA) is 89.3 Å². The molecule has 2 saturated carbocycles. The van der Waals surface area contributed by atoms with Gasteiger partial charge in [-0.25, -0.2) is 26.3 Å². The van der Waals surface area contributed by atoms with Crippen molar-refractivity contribution in [1.82, 2.24) is 4.72 Å². The zero-order valence-electron chi connectivity index (χ0n) is 8.62. The molecule has 0 spiro atoms. The Bertz CT molecular complexity index is 463. The van der Waals surface area contributed by atoms with Crippen molar-refractivity contribution in [2.24, 2.45) is 11.7 Å². The Hall–Kier alpha value is -0.830. The SMILES string of the molecule is N[C@]1(C(=O)NS(=O)(=O)C2(F)CC2)CC1C(F)F. The van der Waals surface area contributed by atoms with Gasteiger partial charge in [-0.2, -0.15) is 0 Å². The van der Waals surface area contributed by atoms with Gasteiger partial charge >= 0.3 is 0 Å². The number of alkyl halides is 3.